The maximum Gasteiger partial charge on any atom is 0.422 e. The summed E-state index contributed by atoms with van der Waals surface area (Å²) in [6.45, 7) is 2.59. The number of hydrogen-bond donors (Lipinski definition) is 2. The number of nitrogens with one attached hydrogen (secondary N) is 2. The van der Waals surface area contributed by atoms with E-state index >= 15 is 0 Å². The summed E-state index contributed by atoms with van der Waals surface area (Å²) in [4.78, 5) is 12.2. The SMILES string of the molecule is CC(CC(=O)Nc1ccccc1OCC(F)(F)F)C1CCNCC1. The molecule has 2 N–H and O–H groups in total. The average Bonchev–Trinajstić information content (AvgIpc) is 2.54. The summed E-state index contributed by atoms with van der Waals surface area (Å²) in [5.41, 5.74) is 0.268. The van der Waals surface area contributed by atoms with Crippen molar-refractivity contribution in [2.24, 2.45) is 11.8 Å². The van der Waals surface area contributed by atoms with Crippen molar-refractivity contribution in [3.8, 4) is 5.75 Å². The van der Waals surface area contributed by atoms with Crippen molar-refractivity contribution in [1.29, 1.82) is 0 Å². The van der Waals surface area contributed by atoms with Gasteiger partial charge in [-0.05, 0) is 49.9 Å². The number of ether oxygens (including phenoxy) is 1. The van der Waals surface area contributed by atoms with Crippen LogP contribution in [0.5, 0.6) is 5.75 Å². The largest absolute Gasteiger partial charge is 0.482 e. The lowest BCUT2D eigenvalue weighted by Crippen LogP contribution is -2.32. The highest BCUT2D eigenvalue weighted by Crippen LogP contribution is 2.28. The summed E-state index contributed by atoms with van der Waals surface area (Å²) < 4.78 is 41.7. The van der Waals surface area contributed by atoms with Gasteiger partial charge in [0.1, 0.15) is 5.75 Å². The van der Waals surface area contributed by atoms with Gasteiger partial charge in [-0.15, -0.1) is 0 Å². The fourth-order valence-corrected chi connectivity index (χ4v) is 2.93. The number of carbonyl (C=O) groups is 1. The molecule has 1 saturated heterocycles. The monoisotopic (exact) mass is 344 g/mol. The Hall–Kier alpha value is -1.76. The molecule has 0 saturated carbocycles. The Labute approximate surface area is 139 Å². The minimum Gasteiger partial charge on any atom is -0.482 e. The van der Waals surface area contributed by atoms with Crippen molar-refractivity contribution >= 4 is 11.6 Å². The van der Waals surface area contributed by atoms with E-state index in [1.165, 1.54) is 6.07 Å². The lowest BCUT2D eigenvalue weighted by atomic mass is 9.84. The third kappa shape index (κ3) is 6.03. The van der Waals surface area contributed by atoms with Gasteiger partial charge in [-0.25, -0.2) is 0 Å². The Morgan fingerprint density at radius 3 is 2.67 bits per heavy atom. The van der Waals surface area contributed by atoms with Gasteiger partial charge in [-0.3, -0.25) is 4.79 Å². The number of carbonyl (C=O) groups excluding carboxylic acids is 1. The molecule has 0 spiro atoms. The summed E-state index contributed by atoms with van der Waals surface area (Å²) >= 11 is 0. The van der Waals surface area contributed by atoms with Gasteiger partial charge in [-0.1, -0.05) is 19.1 Å². The third-order valence-electron chi connectivity index (χ3n) is 4.25. The van der Waals surface area contributed by atoms with Crippen LogP contribution in [0.25, 0.3) is 0 Å². The molecular formula is C17H23F3N2O2. The maximum atomic E-state index is 12.3. The van der Waals surface area contributed by atoms with Crippen molar-refractivity contribution in [1.82, 2.24) is 5.32 Å². The Bertz CT molecular complexity index is 543. The Morgan fingerprint density at radius 2 is 2.00 bits per heavy atom. The van der Waals surface area contributed by atoms with E-state index in [1.54, 1.807) is 18.2 Å². The van der Waals surface area contributed by atoms with Crippen LogP contribution in [0, 0.1) is 11.8 Å². The highest BCUT2D eigenvalue weighted by molar-refractivity contribution is 5.92. The fourth-order valence-electron chi connectivity index (χ4n) is 2.93. The molecule has 1 fully saturated rings. The minimum atomic E-state index is -4.42. The number of amides is 1. The predicted octanol–water partition coefficient (Wildman–Crippen LogP) is 3.59. The number of alkyl halides is 3. The quantitative estimate of drug-likeness (QED) is 0.829. The van der Waals surface area contributed by atoms with Gasteiger partial charge in [0.25, 0.3) is 0 Å². The predicted molar refractivity (Wildman–Crippen MR) is 86.0 cm³/mol. The number of benzene rings is 1. The second kappa shape index (κ2) is 8.37. The number of para-hydroxylation sites is 2. The van der Waals surface area contributed by atoms with E-state index in [9.17, 15) is 18.0 Å². The second-order valence-electron chi connectivity index (χ2n) is 6.22. The van der Waals surface area contributed by atoms with E-state index in [0.717, 1.165) is 25.9 Å². The average molecular weight is 344 g/mol. The number of hydrogen-bond acceptors (Lipinski definition) is 3. The summed E-state index contributed by atoms with van der Waals surface area (Å²) in [6, 6.07) is 6.17. The highest BCUT2D eigenvalue weighted by atomic mass is 19.4. The van der Waals surface area contributed by atoms with Crippen molar-refractivity contribution in [3.05, 3.63) is 24.3 Å². The molecule has 2 rings (SSSR count). The first-order chi connectivity index (χ1) is 11.3. The molecule has 1 unspecified atom stereocenters. The van der Waals surface area contributed by atoms with Crippen LogP contribution >= 0.6 is 0 Å². The van der Waals surface area contributed by atoms with E-state index in [4.69, 9.17) is 4.74 Å². The normalized spacial score (nSPS) is 17.3. The molecule has 0 radical (unpaired) electrons. The molecular weight excluding hydrogens is 321 g/mol. The fraction of sp³-hybridized carbons (Fsp3) is 0.588. The van der Waals surface area contributed by atoms with Crippen LogP contribution in [0.1, 0.15) is 26.2 Å². The number of halogens is 3. The Kier molecular flexibility index (Phi) is 6.48. The van der Waals surface area contributed by atoms with Crippen molar-refractivity contribution in [2.45, 2.75) is 32.4 Å². The molecule has 0 aromatic heterocycles. The lowest BCUT2D eigenvalue weighted by molar-refractivity contribution is -0.153. The summed E-state index contributed by atoms with van der Waals surface area (Å²) in [6.07, 6.45) is -1.99. The second-order valence-corrected chi connectivity index (χ2v) is 6.22. The molecule has 24 heavy (non-hydrogen) atoms. The first-order valence-electron chi connectivity index (χ1n) is 8.14. The molecule has 4 nitrogen and oxygen atoms in total. The molecule has 1 aliphatic rings. The number of rotatable bonds is 6. The first-order valence-corrected chi connectivity index (χ1v) is 8.14. The lowest BCUT2D eigenvalue weighted by Gasteiger charge is -2.28. The van der Waals surface area contributed by atoms with Crippen LogP contribution in [-0.2, 0) is 4.79 Å². The molecule has 0 bridgehead atoms. The molecule has 1 aromatic carbocycles. The van der Waals surface area contributed by atoms with Gasteiger partial charge in [-0.2, -0.15) is 13.2 Å². The smallest absolute Gasteiger partial charge is 0.422 e. The van der Waals surface area contributed by atoms with E-state index in [0.29, 0.717) is 12.3 Å². The maximum absolute atomic E-state index is 12.3. The zero-order valence-electron chi connectivity index (χ0n) is 13.7. The van der Waals surface area contributed by atoms with Gasteiger partial charge in [0, 0.05) is 6.42 Å². The van der Waals surface area contributed by atoms with Gasteiger partial charge in [0.2, 0.25) is 5.91 Å². The van der Waals surface area contributed by atoms with E-state index in [-0.39, 0.29) is 23.3 Å². The van der Waals surface area contributed by atoms with E-state index in [1.807, 2.05) is 6.92 Å². The molecule has 0 aliphatic carbocycles. The Balaban J connectivity index is 1.91. The van der Waals surface area contributed by atoms with Crippen molar-refractivity contribution in [2.75, 3.05) is 25.0 Å². The molecule has 1 heterocycles. The summed E-state index contributed by atoms with van der Waals surface area (Å²) in [5.74, 6) is 0.547. The zero-order valence-corrected chi connectivity index (χ0v) is 13.7. The minimum absolute atomic E-state index is 0.0256. The standard InChI is InChI=1S/C17H23F3N2O2/c1-12(13-6-8-21-9-7-13)10-16(23)22-14-4-2-3-5-15(14)24-11-17(18,19)20/h2-5,12-13,21H,6-11H2,1H3,(H,22,23). The summed E-state index contributed by atoms with van der Waals surface area (Å²) in [5, 5.41) is 5.96. The van der Waals surface area contributed by atoms with Crippen LogP contribution in [0.2, 0.25) is 0 Å². The Morgan fingerprint density at radius 1 is 1.33 bits per heavy atom. The van der Waals surface area contributed by atoms with Crippen LogP contribution in [0.15, 0.2) is 24.3 Å². The topological polar surface area (TPSA) is 50.4 Å². The molecule has 7 heteroatoms. The van der Waals surface area contributed by atoms with Gasteiger partial charge >= 0.3 is 6.18 Å². The highest BCUT2D eigenvalue weighted by Gasteiger charge is 2.29. The van der Waals surface area contributed by atoms with Crippen LogP contribution < -0.4 is 15.4 Å². The molecule has 1 aliphatic heterocycles. The summed E-state index contributed by atoms with van der Waals surface area (Å²) in [7, 11) is 0. The molecule has 1 atom stereocenters. The van der Waals surface area contributed by atoms with E-state index in [2.05, 4.69) is 10.6 Å². The number of piperidine rings is 1. The molecule has 134 valence electrons. The van der Waals surface area contributed by atoms with Crippen LogP contribution in [0.4, 0.5) is 18.9 Å². The van der Waals surface area contributed by atoms with Crippen molar-refractivity contribution in [3.63, 3.8) is 0 Å². The van der Waals surface area contributed by atoms with Gasteiger partial charge in [0.15, 0.2) is 6.61 Å². The molecule has 1 amide bonds. The van der Waals surface area contributed by atoms with Crippen LogP contribution in [-0.4, -0.2) is 31.8 Å². The number of anilines is 1. The van der Waals surface area contributed by atoms with Crippen LogP contribution in [0.3, 0.4) is 0 Å². The van der Waals surface area contributed by atoms with E-state index < -0.39 is 12.8 Å². The first kappa shape index (κ1) is 18.6. The molecule has 1 aromatic rings. The van der Waals surface area contributed by atoms with Crippen molar-refractivity contribution < 1.29 is 22.7 Å². The van der Waals surface area contributed by atoms with Gasteiger partial charge < -0.3 is 15.4 Å². The third-order valence-corrected chi connectivity index (χ3v) is 4.25. The van der Waals surface area contributed by atoms with Gasteiger partial charge in [0.05, 0.1) is 5.69 Å². The zero-order chi connectivity index (χ0) is 17.6.